The smallest absolute Gasteiger partial charge is 0.253 e. The van der Waals surface area contributed by atoms with Gasteiger partial charge in [0, 0.05) is 38.9 Å². The molecule has 29 heavy (non-hydrogen) atoms. The zero-order chi connectivity index (χ0) is 21.0. The maximum atomic E-state index is 12.9. The van der Waals surface area contributed by atoms with Crippen molar-refractivity contribution in [2.75, 3.05) is 27.2 Å². The number of likely N-dealkylation sites (tertiary alicyclic amines) is 1. The first kappa shape index (κ1) is 20.9. The molecule has 0 atom stereocenters. The maximum absolute atomic E-state index is 12.9. The largest absolute Gasteiger partial charge is 0.383 e. The van der Waals surface area contributed by atoms with Gasteiger partial charge in [-0.15, -0.1) is 0 Å². The molecule has 0 saturated carbocycles. The van der Waals surface area contributed by atoms with Crippen molar-refractivity contribution >= 4 is 11.5 Å². The minimum Gasteiger partial charge on any atom is -0.383 e. The monoisotopic (exact) mass is 388 g/mol. The lowest BCUT2D eigenvalue weighted by Gasteiger charge is -2.32. The molecule has 3 nitrogen and oxygen atoms in total. The Morgan fingerprint density at radius 1 is 1.00 bits per heavy atom. The summed E-state index contributed by atoms with van der Waals surface area (Å²) in [5.74, 6) is 0.671. The predicted octanol–water partition coefficient (Wildman–Crippen LogP) is 5.41. The average molecular weight is 389 g/mol. The van der Waals surface area contributed by atoms with Crippen LogP contribution in [0.15, 0.2) is 61.3 Å². The van der Waals surface area contributed by atoms with Crippen LogP contribution in [0.4, 0.5) is 0 Å². The zero-order valence-corrected chi connectivity index (χ0v) is 18.1. The number of benzene rings is 2. The molecular weight excluding hydrogens is 356 g/mol. The second kappa shape index (κ2) is 9.13. The standard InChI is InChI=1S/C26H32N2O/c1-6-21(18-27(4)5)22-9-11-23(12-10-22)24-13-15-28(16-14-24)26(29)25-8-7-19(2)20(3)17-25/h6-12,17-18,24H,1,13-16H2,2-5H3/b21-18+. The Labute approximate surface area is 175 Å². The summed E-state index contributed by atoms with van der Waals surface area (Å²) >= 11 is 0. The Morgan fingerprint density at radius 2 is 1.62 bits per heavy atom. The highest BCUT2D eigenvalue weighted by Gasteiger charge is 2.24. The van der Waals surface area contributed by atoms with E-state index in [1.54, 1.807) is 0 Å². The highest BCUT2D eigenvalue weighted by atomic mass is 16.2. The third-order valence-corrected chi connectivity index (χ3v) is 5.87. The van der Waals surface area contributed by atoms with Crippen LogP contribution in [0.1, 0.15) is 51.4 Å². The van der Waals surface area contributed by atoms with Crippen molar-refractivity contribution in [2.45, 2.75) is 32.6 Å². The molecule has 0 radical (unpaired) electrons. The molecule has 0 spiro atoms. The lowest BCUT2D eigenvalue weighted by molar-refractivity contribution is 0.0713. The number of carbonyl (C=O) groups is 1. The molecule has 0 bridgehead atoms. The fourth-order valence-electron chi connectivity index (χ4n) is 3.94. The number of hydrogen-bond acceptors (Lipinski definition) is 2. The minimum atomic E-state index is 0.159. The molecule has 1 heterocycles. The van der Waals surface area contributed by atoms with Gasteiger partial charge in [0.1, 0.15) is 0 Å². The van der Waals surface area contributed by atoms with Crippen molar-refractivity contribution in [2.24, 2.45) is 0 Å². The van der Waals surface area contributed by atoms with Crippen molar-refractivity contribution in [1.29, 1.82) is 0 Å². The number of hydrogen-bond donors (Lipinski definition) is 0. The first-order valence-electron chi connectivity index (χ1n) is 10.4. The molecule has 1 aliphatic rings. The van der Waals surface area contributed by atoms with E-state index in [4.69, 9.17) is 0 Å². The summed E-state index contributed by atoms with van der Waals surface area (Å²) in [6.45, 7) is 9.70. The van der Waals surface area contributed by atoms with Gasteiger partial charge in [-0.05, 0) is 72.6 Å². The highest BCUT2D eigenvalue weighted by Crippen LogP contribution is 2.30. The number of allylic oxidation sites excluding steroid dienone is 2. The fraction of sp³-hybridized carbons (Fsp3) is 0.346. The lowest BCUT2D eigenvalue weighted by atomic mass is 9.88. The molecule has 152 valence electrons. The Hall–Kier alpha value is -2.81. The van der Waals surface area contributed by atoms with Crippen molar-refractivity contribution in [3.8, 4) is 0 Å². The number of amides is 1. The summed E-state index contributed by atoms with van der Waals surface area (Å²) < 4.78 is 0. The lowest BCUT2D eigenvalue weighted by Crippen LogP contribution is -2.37. The molecule has 1 fully saturated rings. The zero-order valence-electron chi connectivity index (χ0n) is 18.1. The number of piperidine rings is 1. The van der Waals surface area contributed by atoms with Crippen molar-refractivity contribution < 1.29 is 4.79 Å². The Morgan fingerprint density at radius 3 is 2.17 bits per heavy atom. The summed E-state index contributed by atoms with van der Waals surface area (Å²) in [7, 11) is 4.04. The Bertz CT molecular complexity index is 901. The van der Waals surface area contributed by atoms with Crippen LogP contribution in [0.25, 0.3) is 5.57 Å². The number of aryl methyl sites for hydroxylation is 2. The summed E-state index contributed by atoms with van der Waals surface area (Å²) in [4.78, 5) is 16.9. The van der Waals surface area contributed by atoms with Gasteiger partial charge < -0.3 is 9.80 Å². The molecule has 0 unspecified atom stereocenters. The van der Waals surface area contributed by atoms with Gasteiger partial charge in [-0.1, -0.05) is 43.0 Å². The van der Waals surface area contributed by atoms with Crippen molar-refractivity contribution in [1.82, 2.24) is 9.80 Å². The summed E-state index contributed by atoms with van der Waals surface area (Å²) in [6.07, 6.45) is 6.00. The molecule has 1 amide bonds. The van der Waals surface area contributed by atoms with E-state index in [2.05, 4.69) is 50.9 Å². The van der Waals surface area contributed by atoms with Crippen molar-refractivity contribution in [3.05, 3.63) is 89.1 Å². The van der Waals surface area contributed by atoms with Crippen LogP contribution in [0, 0.1) is 13.8 Å². The van der Waals surface area contributed by atoms with Gasteiger partial charge >= 0.3 is 0 Å². The van der Waals surface area contributed by atoms with E-state index in [0.717, 1.165) is 37.1 Å². The highest BCUT2D eigenvalue weighted by molar-refractivity contribution is 5.94. The van der Waals surface area contributed by atoms with Gasteiger partial charge in [-0.2, -0.15) is 0 Å². The molecule has 1 aliphatic heterocycles. The summed E-state index contributed by atoms with van der Waals surface area (Å²) in [5, 5.41) is 0. The second-order valence-electron chi connectivity index (χ2n) is 8.24. The normalized spacial score (nSPS) is 15.3. The Kier molecular flexibility index (Phi) is 6.58. The Balaban J connectivity index is 1.64. The van der Waals surface area contributed by atoms with Gasteiger partial charge in [0.2, 0.25) is 0 Å². The summed E-state index contributed by atoms with van der Waals surface area (Å²) in [5.41, 5.74) is 6.87. The fourth-order valence-corrected chi connectivity index (χ4v) is 3.94. The van der Waals surface area contributed by atoms with Crippen molar-refractivity contribution in [3.63, 3.8) is 0 Å². The molecular formula is C26H32N2O. The third kappa shape index (κ3) is 4.97. The molecule has 0 aliphatic carbocycles. The molecule has 3 heteroatoms. The minimum absolute atomic E-state index is 0.159. The van der Waals surface area contributed by atoms with Gasteiger partial charge in [0.05, 0.1) is 0 Å². The molecule has 2 aromatic carbocycles. The van der Waals surface area contributed by atoms with Crippen LogP contribution < -0.4 is 0 Å². The van der Waals surface area contributed by atoms with Crippen LogP contribution in [0.5, 0.6) is 0 Å². The first-order chi connectivity index (χ1) is 13.9. The molecule has 1 saturated heterocycles. The predicted molar refractivity (Wildman–Crippen MR) is 122 cm³/mol. The van der Waals surface area contributed by atoms with E-state index in [-0.39, 0.29) is 5.91 Å². The van der Waals surface area contributed by atoms with E-state index in [1.165, 1.54) is 22.3 Å². The number of carbonyl (C=O) groups excluding carboxylic acids is 1. The van der Waals surface area contributed by atoms with E-state index < -0.39 is 0 Å². The van der Waals surface area contributed by atoms with Gasteiger partial charge in [-0.3, -0.25) is 4.79 Å². The quantitative estimate of drug-likeness (QED) is 0.639. The van der Waals surface area contributed by atoms with Crippen LogP contribution in [0.2, 0.25) is 0 Å². The third-order valence-electron chi connectivity index (χ3n) is 5.87. The van der Waals surface area contributed by atoms with E-state index in [0.29, 0.717) is 5.92 Å². The van der Waals surface area contributed by atoms with E-state index >= 15 is 0 Å². The molecule has 0 aromatic heterocycles. The van der Waals surface area contributed by atoms with Crippen LogP contribution >= 0.6 is 0 Å². The van der Waals surface area contributed by atoms with Crippen LogP contribution in [0.3, 0.4) is 0 Å². The van der Waals surface area contributed by atoms with E-state index in [1.807, 2.05) is 48.2 Å². The van der Waals surface area contributed by atoms with Gasteiger partial charge in [0.15, 0.2) is 0 Å². The SMILES string of the molecule is C=C/C(=C\N(C)C)c1ccc(C2CCN(C(=O)c3ccc(C)c(C)c3)CC2)cc1. The molecule has 3 rings (SSSR count). The molecule has 0 N–H and O–H groups in total. The van der Waals surface area contributed by atoms with Gasteiger partial charge in [0.25, 0.3) is 5.91 Å². The average Bonchev–Trinajstić information content (AvgIpc) is 2.73. The van der Waals surface area contributed by atoms with Gasteiger partial charge in [-0.25, -0.2) is 0 Å². The number of nitrogens with zero attached hydrogens (tertiary/aromatic N) is 2. The first-order valence-corrected chi connectivity index (χ1v) is 10.4. The van der Waals surface area contributed by atoms with Crippen LogP contribution in [-0.4, -0.2) is 42.9 Å². The topological polar surface area (TPSA) is 23.6 Å². The number of rotatable bonds is 5. The van der Waals surface area contributed by atoms with E-state index in [9.17, 15) is 4.79 Å². The van der Waals surface area contributed by atoms with Crippen LogP contribution in [-0.2, 0) is 0 Å². The maximum Gasteiger partial charge on any atom is 0.253 e. The molecule has 2 aromatic rings. The summed E-state index contributed by atoms with van der Waals surface area (Å²) in [6, 6.07) is 14.8. The second-order valence-corrected chi connectivity index (χ2v) is 8.24.